The minimum atomic E-state index is -0.600. The molecule has 0 radical (unpaired) electrons. The summed E-state index contributed by atoms with van der Waals surface area (Å²) in [5, 5.41) is 10.4. The Morgan fingerprint density at radius 2 is 1.50 bits per heavy atom. The van der Waals surface area contributed by atoms with Gasteiger partial charge in [-0.25, -0.2) is 0 Å². The molecule has 0 saturated carbocycles. The summed E-state index contributed by atoms with van der Waals surface area (Å²) in [4.78, 5) is 0. The van der Waals surface area contributed by atoms with Crippen molar-refractivity contribution in [2.45, 2.75) is 65.4 Å². The Kier molecular flexibility index (Phi) is 4.61. The van der Waals surface area contributed by atoms with Gasteiger partial charge in [0.25, 0.3) is 0 Å². The smallest absolute Gasteiger partial charge is 0.0662 e. The second kappa shape index (κ2) is 5.44. The van der Waals surface area contributed by atoms with Crippen LogP contribution >= 0.6 is 0 Å². The molecule has 1 N–H and O–H groups in total. The summed E-state index contributed by atoms with van der Waals surface area (Å²) in [6.45, 7) is 12.9. The van der Waals surface area contributed by atoms with Crippen LogP contribution in [0.5, 0.6) is 0 Å². The van der Waals surface area contributed by atoms with Gasteiger partial charge in [0, 0.05) is 6.42 Å². The predicted molar refractivity (Wildman–Crippen MR) is 78.9 cm³/mol. The van der Waals surface area contributed by atoms with Gasteiger partial charge in [0.05, 0.1) is 5.60 Å². The fraction of sp³-hybridized carbons (Fsp3) is 0.647. The Morgan fingerprint density at radius 3 is 1.89 bits per heavy atom. The van der Waals surface area contributed by atoms with Crippen LogP contribution in [-0.4, -0.2) is 10.7 Å². The molecular weight excluding hydrogens is 220 g/mol. The van der Waals surface area contributed by atoms with Crippen molar-refractivity contribution in [3.63, 3.8) is 0 Å². The van der Waals surface area contributed by atoms with E-state index in [9.17, 15) is 5.11 Å². The molecule has 1 heteroatoms. The molecule has 0 aliphatic carbocycles. The largest absolute Gasteiger partial charge is 0.390 e. The molecule has 0 aromatic heterocycles. The van der Waals surface area contributed by atoms with E-state index in [1.165, 1.54) is 11.1 Å². The maximum Gasteiger partial charge on any atom is 0.0662 e. The quantitative estimate of drug-likeness (QED) is 0.841. The van der Waals surface area contributed by atoms with E-state index in [0.717, 1.165) is 12.8 Å². The van der Waals surface area contributed by atoms with Crippen molar-refractivity contribution < 1.29 is 5.11 Å². The van der Waals surface area contributed by atoms with Gasteiger partial charge in [0.1, 0.15) is 0 Å². The lowest BCUT2D eigenvalue weighted by Gasteiger charge is -2.26. The Morgan fingerprint density at radius 1 is 1.00 bits per heavy atom. The first kappa shape index (κ1) is 15.2. The van der Waals surface area contributed by atoms with Crippen LogP contribution < -0.4 is 0 Å². The summed E-state index contributed by atoms with van der Waals surface area (Å²) in [6, 6.07) is 8.66. The van der Waals surface area contributed by atoms with Crippen LogP contribution in [0.1, 0.15) is 59.1 Å². The Balaban J connectivity index is 2.75. The SMILES string of the molecule is CC(C)CC(C)(O)Cc1ccc(C(C)(C)C)cc1. The van der Waals surface area contributed by atoms with E-state index in [0.29, 0.717) is 5.92 Å². The van der Waals surface area contributed by atoms with Crippen molar-refractivity contribution in [3.8, 4) is 0 Å². The van der Waals surface area contributed by atoms with Gasteiger partial charge < -0.3 is 5.11 Å². The highest BCUT2D eigenvalue weighted by molar-refractivity contribution is 5.28. The molecule has 1 unspecified atom stereocenters. The van der Waals surface area contributed by atoms with Crippen molar-refractivity contribution in [1.29, 1.82) is 0 Å². The standard InChI is InChI=1S/C17H28O/c1-13(2)11-17(6,18)12-14-7-9-15(10-8-14)16(3,4)5/h7-10,13,18H,11-12H2,1-6H3. The third kappa shape index (κ3) is 4.81. The minimum absolute atomic E-state index is 0.193. The van der Waals surface area contributed by atoms with Gasteiger partial charge >= 0.3 is 0 Å². The van der Waals surface area contributed by atoms with Crippen LogP contribution in [0, 0.1) is 5.92 Å². The Bertz CT molecular complexity index is 366. The van der Waals surface area contributed by atoms with Crippen molar-refractivity contribution in [2.75, 3.05) is 0 Å². The second-order valence-corrected chi connectivity index (χ2v) is 7.22. The molecule has 0 amide bonds. The summed E-state index contributed by atoms with van der Waals surface area (Å²) in [5.41, 5.74) is 2.15. The highest BCUT2D eigenvalue weighted by Crippen LogP contribution is 2.25. The van der Waals surface area contributed by atoms with Crippen LogP contribution in [0.2, 0.25) is 0 Å². The molecule has 1 rings (SSSR count). The van der Waals surface area contributed by atoms with Gasteiger partial charge in [-0.15, -0.1) is 0 Å². The monoisotopic (exact) mass is 248 g/mol. The summed E-state index contributed by atoms with van der Waals surface area (Å²) in [5.74, 6) is 0.522. The topological polar surface area (TPSA) is 20.2 Å². The van der Waals surface area contributed by atoms with Crippen LogP contribution in [0.25, 0.3) is 0 Å². The van der Waals surface area contributed by atoms with E-state index >= 15 is 0 Å². The Labute approximate surface area is 112 Å². The molecule has 18 heavy (non-hydrogen) atoms. The summed E-state index contributed by atoms with van der Waals surface area (Å²) < 4.78 is 0. The van der Waals surface area contributed by atoms with Gasteiger partial charge in [-0.3, -0.25) is 0 Å². The number of rotatable bonds is 4. The van der Waals surface area contributed by atoms with E-state index in [2.05, 4.69) is 58.9 Å². The molecule has 0 saturated heterocycles. The molecule has 1 atom stereocenters. The minimum Gasteiger partial charge on any atom is -0.390 e. The summed E-state index contributed by atoms with van der Waals surface area (Å²) in [6.07, 6.45) is 1.57. The lowest BCUT2D eigenvalue weighted by molar-refractivity contribution is 0.0388. The first-order valence-corrected chi connectivity index (χ1v) is 6.92. The fourth-order valence-corrected chi connectivity index (χ4v) is 2.51. The number of aliphatic hydroxyl groups is 1. The maximum atomic E-state index is 10.4. The molecule has 1 aromatic carbocycles. The number of hydrogen-bond donors (Lipinski definition) is 1. The molecule has 0 heterocycles. The number of benzene rings is 1. The van der Waals surface area contributed by atoms with E-state index in [-0.39, 0.29) is 5.41 Å². The van der Waals surface area contributed by atoms with Crippen LogP contribution in [-0.2, 0) is 11.8 Å². The zero-order valence-electron chi connectivity index (χ0n) is 12.7. The van der Waals surface area contributed by atoms with Gasteiger partial charge in [0.15, 0.2) is 0 Å². The average molecular weight is 248 g/mol. The van der Waals surface area contributed by atoms with Crippen molar-refractivity contribution in [2.24, 2.45) is 5.92 Å². The van der Waals surface area contributed by atoms with Crippen molar-refractivity contribution in [1.82, 2.24) is 0 Å². The second-order valence-electron chi connectivity index (χ2n) is 7.22. The molecule has 1 nitrogen and oxygen atoms in total. The third-order valence-electron chi connectivity index (χ3n) is 3.25. The number of hydrogen-bond acceptors (Lipinski definition) is 1. The predicted octanol–water partition coefficient (Wildman–Crippen LogP) is 4.32. The molecular formula is C17H28O. The first-order chi connectivity index (χ1) is 8.10. The normalized spacial score (nSPS) is 15.8. The maximum absolute atomic E-state index is 10.4. The van der Waals surface area contributed by atoms with Gasteiger partial charge in [-0.2, -0.15) is 0 Å². The summed E-state index contributed by atoms with van der Waals surface area (Å²) in [7, 11) is 0. The molecule has 0 spiro atoms. The zero-order chi connectivity index (χ0) is 14.0. The van der Waals surface area contributed by atoms with E-state index in [1.54, 1.807) is 0 Å². The molecule has 1 aromatic rings. The molecule has 0 fully saturated rings. The molecule has 0 bridgehead atoms. The fourth-order valence-electron chi connectivity index (χ4n) is 2.51. The lowest BCUT2D eigenvalue weighted by atomic mass is 9.84. The van der Waals surface area contributed by atoms with Crippen LogP contribution in [0.15, 0.2) is 24.3 Å². The van der Waals surface area contributed by atoms with Gasteiger partial charge in [-0.05, 0) is 35.8 Å². The van der Waals surface area contributed by atoms with Gasteiger partial charge in [-0.1, -0.05) is 58.9 Å². The lowest BCUT2D eigenvalue weighted by Crippen LogP contribution is -2.29. The highest BCUT2D eigenvalue weighted by atomic mass is 16.3. The first-order valence-electron chi connectivity index (χ1n) is 6.92. The van der Waals surface area contributed by atoms with Crippen LogP contribution in [0.3, 0.4) is 0 Å². The highest BCUT2D eigenvalue weighted by Gasteiger charge is 2.22. The van der Waals surface area contributed by atoms with Gasteiger partial charge in [0.2, 0.25) is 0 Å². The van der Waals surface area contributed by atoms with E-state index < -0.39 is 5.60 Å². The molecule has 0 aliphatic rings. The zero-order valence-corrected chi connectivity index (χ0v) is 12.7. The average Bonchev–Trinajstić information content (AvgIpc) is 2.13. The molecule has 0 aliphatic heterocycles. The van der Waals surface area contributed by atoms with E-state index in [1.807, 2.05) is 6.92 Å². The molecule has 102 valence electrons. The summed E-state index contributed by atoms with van der Waals surface area (Å²) >= 11 is 0. The third-order valence-corrected chi connectivity index (χ3v) is 3.25. The van der Waals surface area contributed by atoms with Crippen LogP contribution in [0.4, 0.5) is 0 Å². The Hall–Kier alpha value is -0.820. The van der Waals surface area contributed by atoms with E-state index in [4.69, 9.17) is 0 Å². The van der Waals surface area contributed by atoms with Crippen molar-refractivity contribution >= 4 is 0 Å². The van der Waals surface area contributed by atoms with Crippen molar-refractivity contribution in [3.05, 3.63) is 35.4 Å².